The molecule has 4 aromatic carbocycles. The quantitative estimate of drug-likeness (QED) is 0.255. The SMILES string of the molecule is CC(C)(C)c1ccc2c(c1)-c1cc(C(C)(C)C)c[c]([Zr+2]([C]3=CC=CC3)=[C](Cc3ccccc3)Cc3ccccc3)c1C2.[Cl-].[Cl-]. The van der Waals surface area contributed by atoms with Crippen molar-refractivity contribution in [2.75, 3.05) is 0 Å². The zero-order valence-electron chi connectivity index (χ0n) is 27.0. The van der Waals surface area contributed by atoms with Gasteiger partial charge in [-0.05, 0) is 0 Å². The third-order valence-corrected chi connectivity index (χ3v) is 16.5. The third kappa shape index (κ3) is 7.39. The average Bonchev–Trinajstić information content (AvgIpc) is 3.61. The van der Waals surface area contributed by atoms with Crippen LogP contribution >= 0.6 is 0 Å². The molecule has 0 heterocycles. The van der Waals surface area contributed by atoms with Crippen LogP contribution in [0, 0.1) is 0 Å². The summed E-state index contributed by atoms with van der Waals surface area (Å²) < 4.78 is 5.22. The van der Waals surface area contributed by atoms with Crippen molar-refractivity contribution in [3.8, 4) is 11.1 Å². The minimum Gasteiger partial charge on any atom is -1.00 e. The van der Waals surface area contributed by atoms with Crippen molar-refractivity contribution < 1.29 is 46.1 Å². The number of hydrogen-bond acceptors (Lipinski definition) is 0. The smallest absolute Gasteiger partial charge is 1.00 e. The topological polar surface area (TPSA) is 0 Å². The molecule has 0 saturated heterocycles. The molecule has 0 spiro atoms. The zero-order valence-corrected chi connectivity index (χ0v) is 30.9. The van der Waals surface area contributed by atoms with Crippen LogP contribution in [0.15, 0.2) is 113 Å². The molecule has 4 aromatic rings. The fraction of sp³-hybridized carbons (Fsp3) is 0.293. The van der Waals surface area contributed by atoms with E-state index in [1.165, 1.54) is 38.9 Å². The van der Waals surface area contributed by atoms with E-state index in [9.17, 15) is 0 Å². The maximum Gasteiger partial charge on any atom is -1.00 e. The number of benzene rings is 4. The van der Waals surface area contributed by atoms with Gasteiger partial charge in [0.25, 0.3) is 0 Å². The second kappa shape index (κ2) is 14.0. The molecular formula is C41H44Cl2Zr. The Hall–Kier alpha value is -2.31. The van der Waals surface area contributed by atoms with Gasteiger partial charge in [0, 0.05) is 0 Å². The van der Waals surface area contributed by atoms with Crippen LogP contribution in [0.4, 0.5) is 0 Å². The molecule has 0 aromatic heterocycles. The van der Waals surface area contributed by atoms with E-state index in [-0.39, 0.29) is 35.6 Å². The van der Waals surface area contributed by atoms with Crippen molar-refractivity contribution in [3.05, 3.63) is 146 Å². The Balaban J connectivity index is 0.00000221. The largest absolute Gasteiger partial charge is 1.00 e. The Morgan fingerprint density at radius 1 is 0.659 bits per heavy atom. The van der Waals surface area contributed by atoms with E-state index < -0.39 is 21.3 Å². The summed E-state index contributed by atoms with van der Waals surface area (Å²) in [6.07, 6.45) is 11.5. The Morgan fingerprint density at radius 3 is 1.75 bits per heavy atom. The van der Waals surface area contributed by atoms with Crippen LogP contribution in [0.2, 0.25) is 0 Å². The summed E-state index contributed by atoms with van der Waals surface area (Å²) in [4.78, 5) is 0. The first-order valence-corrected chi connectivity index (χ1v) is 19.2. The van der Waals surface area contributed by atoms with Crippen LogP contribution in [0.25, 0.3) is 11.1 Å². The minimum atomic E-state index is -2.53. The first kappa shape index (κ1) is 34.6. The molecule has 0 fully saturated rings. The van der Waals surface area contributed by atoms with Gasteiger partial charge in [-0.3, -0.25) is 0 Å². The summed E-state index contributed by atoms with van der Waals surface area (Å²) in [6.45, 7) is 14.2. The van der Waals surface area contributed by atoms with Gasteiger partial charge in [-0.2, -0.15) is 0 Å². The fourth-order valence-corrected chi connectivity index (χ4v) is 14.8. The van der Waals surface area contributed by atoms with Crippen LogP contribution < -0.4 is 28.1 Å². The van der Waals surface area contributed by atoms with Crippen LogP contribution in [-0.2, 0) is 51.4 Å². The van der Waals surface area contributed by atoms with E-state index in [2.05, 4.69) is 151 Å². The summed E-state index contributed by atoms with van der Waals surface area (Å²) in [5, 5.41) is 0. The van der Waals surface area contributed by atoms with Gasteiger partial charge in [0.05, 0.1) is 0 Å². The second-order valence-corrected chi connectivity index (χ2v) is 20.7. The molecule has 0 radical (unpaired) electrons. The molecule has 6 rings (SSSR count). The molecule has 2 aliphatic rings. The van der Waals surface area contributed by atoms with Gasteiger partial charge in [-0.15, -0.1) is 0 Å². The molecule has 0 atom stereocenters. The number of allylic oxidation sites excluding steroid dienone is 4. The number of halogens is 2. The van der Waals surface area contributed by atoms with Gasteiger partial charge < -0.3 is 24.8 Å². The van der Waals surface area contributed by atoms with Gasteiger partial charge >= 0.3 is 263 Å². The number of rotatable bonds is 6. The fourth-order valence-electron chi connectivity index (χ4n) is 6.54. The molecule has 0 unspecified atom stereocenters. The van der Waals surface area contributed by atoms with Crippen LogP contribution in [0.3, 0.4) is 0 Å². The molecule has 0 nitrogen and oxygen atoms in total. The molecule has 0 bridgehead atoms. The Bertz CT molecular complexity index is 1670. The molecule has 0 amide bonds. The van der Waals surface area contributed by atoms with E-state index in [4.69, 9.17) is 0 Å². The summed E-state index contributed by atoms with van der Waals surface area (Å²) in [7, 11) is 0. The second-order valence-electron chi connectivity index (χ2n) is 14.2. The van der Waals surface area contributed by atoms with Crippen molar-refractivity contribution in [2.24, 2.45) is 0 Å². The van der Waals surface area contributed by atoms with Crippen LogP contribution in [0.1, 0.15) is 81.3 Å². The van der Waals surface area contributed by atoms with Crippen molar-refractivity contribution in [3.63, 3.8) is 0 Å². The first-order chi connectivity index (χ1) is 20.1. The van der Waals surface area contributed by atoms with Crippen molar-refractivity contribution >= 4 is 6.48 Å². The molecule has 44 heavy (non-hydrogen) atoms. The summed E-state index contributed by atoms with van der Waals surface area (Å²) in [6, 6.07) is 34.9. The van der Waals surface area contributed by atoms with Gasteiger partial charge in [-0.1, -0.05) is 0 Å². The molecule has 0 aliphatic heterocycles. The van der Waals surface area contributed by atoms with E-state index in [0.717, 1.165) is 25.7 Å². The molecule has 3 heteroatoms. The van der Waals surface area contributed by atoms with E-state index in [1.54, 1.807) is 15.3 Å². The molecule has 0 saturated carbocycles. The predicted octanol–water partition coefficient (Wildman–Crippen LogP) is 3.61. The standard InChI is InChI=1S/C21H25.C15H14.C5H5.2ClH.Zr/c1-20(2,3)16-9-7-14-11-15-8-10-17(21(4,5)6)13-19(15)18(14)12-16;1-3-8-14(9-4-1)12-7-13-15-10-5-2-6-11-15;1-2-4-5-3-1;;;/h7,9-10,12-13H,11H2,1-6H3;1-6,8-11H,12-13H2;1-3H,4H2;2*1H;/q;;;;;+2/p-2. The van der Waals surface area contributed by atoms with E-state index in [1.807, 2.05) is 0 Å². The molecule has 2 aliphatic carbocycles. The van der Waals surface area contributed by atoms with Crippen molar-refractivity contribution in [1.29, 1.82) is 0 Å². The predicted molar refractivity (Wildman–Crippen MR) is 179 cm³/mol. The van der Waals surface area contributed by atoms with Gasteiger partial charge in [0.2, 0.25) is 0 Å². The molecule has 0 N–H and O–H groups in total. The zero-order chi connectivity index (χ0) is 29.5. The van der Waals surface area contributed by atoms with Crippen LogP contribution in [0.5, 0.6) is 0 Å². The minimum absolute atomic E-state index is 0. The van der Waals surface area contributed by atoms with Crippen molar-refractivity contribution in [1.82, 2.24) is 0 Å². The van der Waals surface area contributed by atoms with E-state index in [0.29, 0.717) is 0 Å². The Kier molecular flexibility index (Phi) is 11.0. The van der Waals surface area contributed by atoms with Crippen LogP contribution in [-0.4, -0.2) is 3.21 Å². The van der Waals surface area contributed by atoms with Gasteiger partial charge in [-0.25, -0.2) is 0 Å². The first-order valence-electron chi connectivity index (χ1n) is 15.6. The van der Waals surface area contributed by atoms with Gasteiger partial charge in [0.15, 0.2) is 0 Å². The monoisotopic (exact) mass is 696 g/mol. The average molecular weight is 699 g/mol. The maximum absolute atomic E-state index is 2.67. The van der Waals surface area contributed by atoms with E-state index >= 15 is 0 Å². The Labute approximate surface area is 285 Å². The normalized spacial score (nSPS) is 13.2. The number of fused-ring (bicyclic) bond motifs is 3. The summed E-state index contributed by atoms with van der Waals surface area (Å²) in [5.41, 5.74) is 12.1. The molecular weight excluding hydrogens is 655 g/mol. The third-order valence-electron chi connectivity index (χ3n) is 8.99. The van der Waals surface area contributed by atoms with Gasteiger partial charge in [0.1, 0.15) is 0 Å². The maximum atomic E-state index is 2.67. The number of hydrogen-bond donors (Lipinski definition) is 0. The van der Waals surface area contributed by atoms with Crippen molar-refractivity contribution in [2.45, 2.75) is 78.1 Å². The molecule has 226 valence electrons. The summed E-state index contributed by atoms with van der Waals surface area (Å²) >= 11 is -2.53. The Morgan fingerprint density at radius 2 is 1.23 bits per heavy atom. The summed E-state index contributed by atoms with van der Waals surface area (Å²) in [5.74, 6) is 0.